The predicted molar refractivity (Wildman–Crippen MR) is 77.3 cm³/mol. The smallest absolute Gasteiger partial charge is 0.387 e. The van der Waals surface area contributed by atoms with Crippen LogP contribution in [0, 0.1) is 0 Å². The van der Waals surface area contributed by atoms with E-state index in [0.29, 0.717) is 24.4 Å². The first-order valence-corrected chi connectivity index (χ1v) is 6.78. The second-order valence-electron chi connectivity index (χ2n) is 4.43. The molecule has 2 N–H and O–H groups in total. The van der Waals surface area contributed by atoms with Crippen molar-refractivity contribution in [3.05, 3.63) is 33.3 Å². The molecule has 0 saturated carbocycles. The maximum Gasteiger partial charge on any atom is 0.387 e. The number of carbonyl (C=O) groups excluding carboxylic acids is 1. The first kappa shape index (κ1) is 16.0. The van der Waals surface area contributed by atoms with Crippen LogP contribution in [0.25, 0.3) is 0 Å². The Bertz CT molecular complexity index is 577. The lowest BCUT2D eigenvalue weighted by atomic mass is 10.0. The maximum atomic E-state index is 12.2. The summed E-state index contributed by atoms with van der Waals surface area (Å²) < 4.78 is 28.6. The first-order valence-electron chi connectivity index (χ1n) is 6.03. The van der Waals surface area contributed by atoms with Crippen LogP contribution in [-0.4, -0.2) is 25.6 Å². The van der Waals surface area contributed by atoms with Crippen molar-refractivity contribution >= 4 is 34.8 Å². The van der Waals surface area contributed by atoms with Gasteiger partial charge in [-0.2, -0.15) is 8.78 Å². The summed E-state index contributed by atoms with van der Waals surface area (Å²) in [5, 5.41) is 5.45. The topological polar surface area (TPSA) is 50.4 Å². The van der Waals surface area contributed by atoms with Gasteiger partial charge in [-0.3, -0.25) is 4.79 Å². The van der Waals surface area contributed by atoms with Crippen LogP contribution in [0.3, 0.4) is 0 Å². The van der Waals surface area contributed by atoms with Crippen LogP contribution in [0.5, 0.6) is 5.75 Å². The summed E-state index contributed by atoms with van der Waals surface area (Å²) in [6.07, 6.45) is 0. The summed E-state index contributed by atoms with van der Waals surface area (Å²) >= 11 is 11.7. The third-order valence-electron chi connectivity index (χ3n) is 3.01. The van der Waals surface area contributed by atoms with Gasteiger partial charge >= 0.3 is 6.61 Å². The Kier molecular flexibility index (Phi) is 5.03. The summed E-state index contributed by atoms with van der Waals surface area (Å²) in [6.45, 7) is 0.0471. The molecule has 8 heteroatoms. The second kappa shape index (κ2) is 6.60. The second-order valence-corrected chi connectivity index (χ2v) is 5.25. The fourth-order valence-electron chi connectivity index (χ4n) is 1.73. The third kappa shape index (κ3) is 3.84. The van der Waals surface area contributed by atoms with Gasteiger partial charge < -0.3 is 15.4 Å². The van der Waals surface area contributed by atoms with Crippen LogP contribution in [0.4, 0.5) is 14.5 Å². The predicted octanol–water partition coefficient (Wildman–Crippen LogP) is 3.45. The standard InChI is InChI=1S/C13H12Cl2F2N2O2/c1-6(7-4-18-5-7)12(20)19-8-2-9(14)11(10(15)3-8)21-13(16)17/h2-3,13,18H,4-5H2,1H3,(H,19,20). The first-order chi connectivity index (χ1) is 9.88. The lowest BCUT2D eigenvalue weighted by molar-refractivity contribution is -0.112. The van der Waals surface area contributed by atoms with Gasteiger partial charge in [0.05, 0.1) is 10.0 Å². The molecule has 2 rings (SSSR count). The Labute approximate surface area is 130 Å². The van der Waals surface area contributed by atoms with Gasteiger partial charge in [0.1, 0.15) is 0 Å². The Morgan fingerprint density at radius 3 is 2.33 bits per heavy atom. The molecular formula is C13H12Cl2F2N2O2. The number of anilines is 1. The van der Waals surface area contributed by atoms with Crippen LogP contribution in [0.2, 0.25) is 10.0 Å². The van der Waals surface area contributed by atoms with Gasteiger partial charge in [0, 0.05) is 24.4 Å². The Hall–Kier alpha value is -1.37. The van der Waals surface area contributed by atoms with Gasteiger partial charge in [0.15, 0.2) is 5.75 Å². The molecule has 0 atom stereocenters. The normalized spacial score (nSPS) is 13.9. The minimum Gasteiger partial charge on any atom is -0.432 e. The molecule has 1 aliphatic rings. The van der Waals surface area contributed by atoms with E-state index in [9.17, 15) is 13.6 Å². The highest BCUT2D eigenvalue weighted by Crippen LogP contribution is 2.37. The lowest BCUT2D eigenvalue weighted by Crippen LogP contribution is -2.36. The number of hydrogen-bond donors (Lipinski definition) is 2. The highest BCUT2D eigenvalue weighted by Gasteiger charge is 2.18. The molecule has 1 saturated heterocycles. The molecule has 114 valence electrons. The molecule has 1 fully saturated rings. The Morgan fingerprint density at radius 2 is 1.90 bits per heavy atom. The van der Waals surface area contributed by atoms with E-state index in [1.807, 2.05) is 0 Å². The van der Waals surface area contributed by atoms with E-state index in [4.69, 9.17) is 23.2 Å². The summed E-state index contributed by atoms with van der Waals surface area (Å²) in [5.41, 5.74) is 1.93. The van der Waals surface area contributed by atoms with E-state index in [1.54, 1.807) is 6.92 Å². The van der Waals surface area contributed by atoms with E-state index in [0.717, 1.165) is 5.57 Å². The molecule has 0 bridgehead atoms. The van der Waals surface area contributed by atoms with Gasteiger partial charge in [0.2, 0.25) is 0 Å². The highest BCUT2D eigenvalue weighted by molar-refractivity contribution is 6.37. The minimum absolute atomic E-state index is 0.103. The zero-order valence-electron chi connectivity index (χ0n) is 11.0. The van der Waals surface area contributed by atoms with Crippen molar-refractivity contribution in [2.45, 2.75) is 13.5 Å². The fraction of sp³-hybridized carbons (Fsp3) is 0.308. The minimum atomic E-state index is -3.03. The molecule has 4 nitrogen and oxygen atoms in total. The Morgan fingerprint density at radius 1 is 1.33 bits per heavy atom. The Balaban J connectivity index is 2.16. The van der Waals surface area contributed by atoms with Crippen molar-refractivity contribution in [1.82, 2.24) is 5.32 Å². The zero-order valence-corrected chi connectivity index (χ0v) is 12.5. The number of rotatable bonds is 4. The molecule has 1 heterocycles. The molecule has 1 aromatic rings. The molecule has 0 aromatic heterocycles. The van der Waals surface area contributed by atoms with E-state index in [1.165, 1.54) is 12.1 Å². The van der Waals surface area contributed by atoms with E-state index in [-0.39, 0.29) is 21.7 Å². The summed E-state index contributed by atoms with van der Waals surface area (Å²) in [6, 6.07) is 2.61. The number of hydrogen-bond acceptors (Lipinski definition) is 3. The van der Waals surface area contributed by atoms with Crippen LogP contribution < -0.4 is 15.4 Å². The quantitative estimate of drug-likeness (QED) is 0.828. The number of benzene rings is 1. The lowest BCUT2D eigenvalue weighted by Gasteiger charge is -2.21. The zero-order chi connectivity index (χ0) is 15.6. The summed E-state index contributed by atoms with van der Waals surface area (Å²) in [5.74, 6) is -0.606. The van der Waals surface area contributed by atoms with E-state index in [2.05, 4.69) is 15.4 Å². The summed E-state index contributed by atoms with van der Waals surface area (Å²) in [7, 11) is 0. The molecular weight excluding hydrogens is 325 g/mol. The number of alkyl halides is 2. The molecule has 0 spiro atoms. The molecule has 0 aliphatic carbocycles. The average molecular weight is 337 g/mol. The van der Waals surface area contributed by atoms with E-state index < -0.39 is 6.61 Å². The van der Waals surface area contributed by atoms with Crippen molar-refractivity contribution < 1.29 is 18.3 Å². The highest BCUT2D eigenvalue weighted by atomic mass is 35.5. The van der Waals surface area contributed by atoms with Crippen molar-refractivity contribution in [2.24, 2.45) is 0 Å². The van der Waals surface area contributed by atoms with Gasteiger partial charge in [-0.05, 0) is 24.6 Å². The SMILES string of the molecule is CC(C(=O)Nc1cc(Cl)c(OC(F)F)c(Cl)c1)=C1CNC1. The monoisotopic (exact) mass is 336 g/mol. The van der Waals surface area contributed by atoms with Crippen molar-refractivity contribution in [3.63, 3.8) is 0 Å². The number of halogens is 4. The van der Waals surface area contributed by atoms with Gasteiger partial charge in [0.25, 0.3) is 5.91 Å². The number of nitrogens with one attached hydrogen (secondary N) is 2. The number of amides is 1. The summed E-state index contributed by atoms with van der Waals surface area (Å²) in [4.78, 5) is 12.0. The molecule has 1 amide bonds. The van der Waals surface area contributed by atoms with Crippen molar-refractivity contribution in [2.75, 3.05) is 18.4 Å². The maximum absolute atomic E-state index is 12.2. The van der Waals surface area contributed by atoms with Gasteiger partial charge in [-0.1, -0.05) is 23.2 Å². The van der Waals surface area contributed by atoms with E-state index >= 15 is 0 Å². The molecule has 0 radical (unpaired) electrons. The van der Waals surface area contributed by atoms with Crippen molar-refractivity contribution in [3.8, 4) is 5.75 Å². The number of ether oxygens (including phenoxy) is 1. The largest absolute Gasteiger partial charge is 0.432 e. The van der Waals surface area contributed by atoms with Crippen LogP contribution >= 0.6 is 23.2 Å². The van der Waals surface area contributed by atoms with Crippen LogP contribution in [0.15, 0.2) is 23.3 Å². The van der Waals surface area contributed by atoms with Gasteiger partial charge in [-0.15, -0.1) is 0 Å². The molecule has 21 heavy (non-hydrogen) atoms. The fourth-order valence-corrected chi connectivity index (χ4v) is 2.31. The third-order valence-corrected chi connectivity index (χ3v) is 3.57. The molecule has 1 aliphatic heterocycles. The van der Waals surface area contributed by atoms with Gasteiger partial charge in [-0.25, -0.2) is 0 Å². The molecule has 1 aromatic carbocycles. The van der Waals surface area contributed by atoms with Crippen LogP contribution in [-0.2, 0) is 4.79 Å². The average Bonchev–Trinajstić information content (AvgIpc) is 2.31. The number of carbonyl (C=O) groups is 1. The van der Waals surface area contributed by atoms with Crippen molar-refractivity contribution in [1.29, 1.82) is 0 Å². The van der Waals surface area contributed by atoms with Crippen LogP contribution in [0.1, 0.15) is 6.92 Å². The molecule has 0 unspecified atom stereocenters.